The molecule has 1 aliphatic rings. The largest absolute Gasteiger partial charge is 0.481 e. The predicted octanol–water partition coefficient (Wildman–Crippen LogP) is 4.97. The number of esters is 1. The molecule has 0 fully saturated rings. The van der Waals surface area contributed by atoms with Crippen molar-refractivity contribution in [2.75, 3.05) is 0 Å². The molecule has 24 heavy (non-hydrogen) atoms. The van der Waals surface area contributed by atoms with Crippen molar-refractivity contribution >= 4 is 11.9 Å². The molecule has 1 N–H and O–H groups in total. The number of hydrogen-bond donors (Lipinski definition) is 1. The maximum Gasteiger partial charge on any atom is 0.310 e. The van der Waals surface area contributed by atoms with Gasteiger partial charge in [-0.15, -0.1) is 0 Å². The number of carboxylic acids is 1. The molecule has 0 aromatic rings. The third kappa shape index (κ3) is 7.50. The molecule has 1 rings (SSSR count). The maximum atomic E-state index is 12.5. The summed E-state index contributed by atoms with van der Waals surface area (Å²) in [5, 5.41) is 9.32. The van der Waals surface area contributed by atoms with Gasteiger partial charge in [0.1, 0.15) is 6.10 Å². The van der Waals surface area contributed by atoms with Gasteiger partial charge in [0.15, 0.2) is 0 Å². The van der Waals surface area contributed by atoms with Crippen molar-refractivity contribution in [2.24, 2.45) is 17.8 Å². The Kier molecular flexibility index (Phi) is 9.73. The molecule has 4 heteroatoms. The quantitative estimate of drug-likeness (QED) is 0.328. The summed E-state index contributed by atoms with van der Waals surface area (Å²) in [4.78, 5) is 23.9. The van der Waals surface area contributed by atoms with Crippen molar-refractivity contribution < 1.29 is 19.4 Å². The van der Waals surface area contributed by atoms with E-state index in [1.807, 2.05) is 12.2 Å². The van der Waals surface area contributed by atoms with Crippen molar-refractivity contribution in [3.63, 3.8) is 0 Å². The van der Waals surface area contributed by atoms with Crippen LogP contribution < -0.4 is 0 Å². The molecule has 3 atom stereocenters. The molecule has 3 unspecified atom stereocenters. The molecule has 0 aliphatic heterocycles. The van der Waals surface area contributed by atoms with Crippen LogP contribution in [-0.4, -0.2) is 23.1 Å². The van der Waals surface area contributed by atoms with Crippen LogP contribution in [-0.2, 0) is 14.3 Å². The molecule has 0 saturated carbocycles. The Morgan fingerprint density at radius 2 is 1.71 bits per heavy atom. The van der Waals surface area contributed by atoms with E-state index in [9.17, 15) is 14.7 Å². The van der Waals surface area contributed by atoms with Gasteiger partial charge in [0.05, 0.1) is 11.8 Å². The average Bonchev–Trinajstić information content (AvgIpc) is 2.53. The Bertz CT molecular complexity index is 414. The van der Waals surface area contributed by atoms with E-state index in [-0.39, 0.29) is 12.1 Å². The minimum Gasteiger partial charge on any atom is -0.481 e. The minimum atomic E-state index is -0.902. The van der Waals surface area contributed by atoms with E-state index in [1.54, 1.807) is 0 Å². The van der Waals surface area contributed by atoms with Gasteiger partial charge in [0.2, 0.25) is 0 Å². The summed E-state index contributed by atoms with van der Waals surface area (Å²) in [5.74, 6) is -1.96. The van der Waals surface area contributed by atoms with E-state index < -0.39 is 17.8 Å². The van der Waals surface area contributed by atoms with Gasteiger partial charge >= 0.3 is 11.9 Å². The van der Waals surface area contributed by atoms with Crippen LogP contribution in [0.3, 0.4) is 0 Å². The van der Waals surface area contributed by atoms with Crippen LogP contribution in [0.2, 0.25) is 0 Å². The van der Waals surface area contributed by atoms with Gasteiger partial charge < -0.3 is 9.84 Å². The number of carboxylic acid groups (broad SMARTS) is 1. The first-order valence-electron chi connectivity index (χ1n) is 9.54. The van der Waals surface area contributed by atoms with Gasteiger partial charge in [-0.3, -0.25) is 9.59 Å². The Balaban J connectivity index is 2.55. The second-order valence-corrected chi connectivity index (χ2v) is 7.39. The van der Waals surface area contributed by atoms with E-state index in [1.165, 1.54) is 25.7 Å². The number of carbonyl (C=O) groups excluding carboxylic acids is 1. The van der Waals surface area contributed by atoms with Crippen LogP contribution in [0, 0.1) is 17.8 Å². The van der Waals surface area contributed by atoms with E-state index in [2.05, 4.69) is 20.8 Å². The SMILES string of the molecule is CCCCCCCC(CC(C)C)OC(=O)C1CC=CCC1C(=O)O. The zero-order valence-electron chi connectivity index (χ0n) is 15.5. The highest BCUT2D eigenvalue weighted by Crippen LogP contribution is 2.28. The molecular weight excluding hydrogens is 304 g/mol. The monoisotopic (exact) mass is 338 g/mol. The van der Waals surface area contributed by atoms with Gasteiger partial charge in [-0.2, -0.15) is 0 Å². The maximum absolute atomic E-state index is 12.5. The number of allylic oxidation sites excluding steroid dienone is 2. The van der Waals surface area contributed by atoms with Gasteiger partial charge in [0, 0.05) is 0 Å². The second-order valence-electron chi connectivity index (χ2n) is 7.39. The van der Waals surface area contributed by atoms with Gasteiger partial charge in [-0.1, -0.05) is 58.6 Å². The van der Waals surface area contributed by atoms with E-state index >= 15 is 0 Å². The molecule has 0 amide bonds. The molecule has 0 bridgehead atoms. The Labute approximate surface area is 146 Å². The first kappa shape index (κ1) is 20.7. The smallest absolute Gasteiger partial charge is 0.310 e. The molecule has 0 saturated heterocycles. The van der Waals surface area contributed by atoms with Gasteiger partial charge in [-0.05, 0) is 38.0 Å². The number of carbonyl (C=O) groups is 2. The van der Waals surface area contributed by atoms with Crippen molar-refractivity contribution in [1.82, 2.24) is 0 Å². The van der Waals surface area contributed by atoms with E-state index in [4.69, 9.17) is 4.74 Å². The number of rotatable bonds is 11. The number of hydrogen-bond acceptors (Lipinski definition) is 3. The summed E-state index contributed by atoms with van der Waals surface area (Å²) in [5.41, 5.74) is 0. The van der Waals surface area contributed by atoms with Crippen LogP contribution in [0.15, 0.2) is 12.2 Å². The van der Waals surface area contributed by atoms with Crippen molar-refractivity contribution in [3.8, 4) is 0 Å². The molecular formula is C20H34O4. The van der Waals surface area contributed by atoms with Crippen LogP contribution in [0.25, 0.3) is 0 Å². The van der Waals surface area contributed by atoms with E-state index in [0.717, 1.165) is 19.3 Å². The van der Waals surface area contributed by atoms with E-state index in [0.29, 0.717) is 18.8 Å². The topological polar surface area (TPSA) is 63.6 Å². The molecule has 0 aromatic heterocycles. The third-order valence-electron chi connectivity index (χ3n) is 4.70. The summed E-state index contributed by atoms with van der Waals surface area (Å²) in [6.07, 6.45) is 12.2. The zero-order valence-corrected chi connectivity index (χ0v) is 15.5. The molecule has 1 aliphatic carbocycles. The zero-order chi connectivity index (χ0) is 17.9. The number of aliphatic carboxylic acids is 1. The first-order chi connectivity index (χ1) is 11.5. The summed E-state index contributed by atoms with van der Waals surface area (Å²) in [6.45, 7) is 6.45. The molecule has 0 aromatic carbocycles. The Morgan fingerprint density at radius 1 is 1.08 bits per heavy atom. The normalized spacial score (nSPS) is 21.7. The summed E-state index contributed by atoms with van der Waals surface area (Å²) in [6, 6.07) is 0. The summed E-state index contributed by atoms with van der Waals surface area (Å²) in [7, 11) is 0. The standard InChI is InChI=1S/C20H34O4/c1-4-5-6-7-8-11-16(14-15(2)3)24-20(23)18-13-10-9-12-17(18)19(21)22/h9-10,15-18H,4-8,11-14H2,1-3H3,(H,21,22). The predicted molar refractivity (Wildman–Crippen MR) is 95.7 cm³/mol. The fourth-order valence-electron chi connectivity index (χ4n) is 3.33. The average molecular weight is 338 g/mol. The van der Waals surface area contributed by atoms with Gasteiger partial charge in [0.25, 0.3) is 0 Å². The molecule has 4 nitrogen and oxygen atoms in total. The van der Waals surface area contributed by atoms with Crippen molar-refractivity contribution in [2.45, 2.75) is 84.7 Å². The fourth-order valence-corrected chi connectivity index (χ4v) is 3.33. The fraction of sp³-hybridized carbons (Fsp3) is 0.800. The highest BCUT2D eigenvalue weighted by atomic mass is 16.5. The minimum absolute atomic E-state index is 0.0838. The summed E-state index contributed by atoms with van der Waals surface area (Å²) < 4.78 is 5.75. The Morgan fingerprint density at radius 3 is 2.29 bits per heavy atom. The molecule has 138 valence electrons. The lowest BCUT2D eigenvalue weighted by Crippen LogP contribution is -2.34. The lowest BCUT2D eigenvalue weighted by atomic mass is 9.83. The van der Waals surface area contributed by atoms with Crippen LogP contribution in [0.1, 0.15) is 78.6 Å². The lowest BCUT2D eigenvalue weighted by Gasteiger charge is -2.27. The summed E-state index contributed by atoms with van der Waals surface area (Å²) >= 11 is 0. The second kappa shape index (κ2) is 11.3. The van der Waals surface area contributed by atoms with Gasteiger partial charge in [-0.25, -0.2) is 0 Å². The van der Waals surface area contributed by atoms with Crippen molar-refractivity contribution in [1.29, 1.82) is 0 Å². The molecule has 0 heterocycles. The lowest BCUT2D eigenvalue weighted by molar-refractivity contribution is -0.162. The molecule has 0 spiro atoms. The van der Waals surface area contributed by atoms with Crippen LogP contribution in [0.5, 0.6) is 0 Å². The highest BCUT2D eigenvalue weighted by molar-refractivity contribution is 5.81. The Hall–Kier alpha value is -1.32. The van der Waals surface area contributed by atoms with Crippen LogP contribution in [0.4, 0.5) is 0 Å². The highest BCUT2D eigenvalue weighted by Gasteiger charge is 2.36. The number of unbranched alkanes of at least 4 members (excludes halogenated alkanes) is 4. The van der Waals surface area contributed by atoms with Crippen molar-refractivity contribution in [3.05, 3.63) is 12.2 Å². The first-order valence-corrected chi connectivity index (χ1v) is 9.54. The number of ether oxygens (including phenoxy) is 1. The van der Waals surface area contributed by atoms with Crippen LogP contribution >= 0.6 is 0 Å². The molecule has 0 radical (unpaired) electrons. The third-order valence-corrected chi connectivity index (χ3v) is 4.70.